The molecule has 0 aliphatic carbocycles. The average molecular weight is 306 g/mol. The Hall–Kier alpha value is -1.95. The molecule has 1 saturated heterocycles. The third-order valence-corrected chi connectivity index (χ3v) is 4.37. The van der Waals surface area contributed by atoms with Gasteiger partial charge in [-0.15, -0.1) is 0 Å². The van der Waals surface area contributed by atoms with Gasteiger partial charge in [0.25, 0.3) is 5.69 Å². The summed E-state index contributed by atoms with van der Waals surface area (Å²) >= 11 is 0. The van der Waals surface area contributed by atoms with Gasteiger partial charge in [0.1, 0.15) is 0 Å². The Labute approximate surface area is 130 Å². The topological polar surface area (TPSA) is 72.7 Å². The summed E-state index contributed by atoms with van der Waals surface area (Å²) in [4.78, 5) is 25.5. The number of esters is 1. The van der Waals surface area contributed by atoms with Gasteiger partial charge in [0.15, 0.2) is 0 Å². The molecule has 6 nitrogen and oxygen atoms in total. The van der Waals surface area contributed by atoms with E-state index in [1.165, 1.54) is 6.07 Å². The predicted octanol–water partition coefficient (Wildman–Crippen LogP) is 2.41. The third-order valence-electron chi connectivity index (χ3n) is 4.37. The van der Waals surface area contributed by atoms with Crippen molar-refractivity contribution in [3.05, 3.63) is 39.9 Å². The molecule has 1 fully saturated rings. The minimum Gasteiger partial charge on any atom is -0.466 e. The van der Waals surface area contributed by atoms with Crippen LogP contribution < -0.4 is 0 Å². The fourth-order valence-electron chi connectivity index (χ4n) is 2.99. The molecule has 0 radical (unpaired) electrons. The van der Waals surface area contributed by atoms with Gasteiger partial charge in [0, 0.05) is 11.6 Å². The lowest BCUT2D eigenvalue weighted by atomic mass is 9.73. The van der Waals surface area contributed by atoms with E-state index < -0.39 is 5.41 Å². The normalized spacial score (nSPS) is 17.9. The van der Waals surface area contributed by atoms with E-state index in [4.69, 9.17) is 4.74 Å². The summed E-state index contributed by atoms with van der Waals surface area (Å²) in [5.41, 5.74) is 0.0180. The van der Waals surface area contributed by atoms with Gasteiger partial charge in [-0.05, 0) is 46.3 Å². The number of piperidine rings is 1. The van der Waals surface area contributed by atoms with E-state index in [9.17, 15) is 14.9 Å². The number of benzene rings is 1. The molecule has 22 heavy (non-hydrogen) atoms. The summed E-state index contributed by atoms with van der Waals surface area (Å²) in [6.45, 7) is 3.69. The smallest absolute Gasteiger partial charge is 0.312 e. The molecule has 120 valence electrons. The van der Waals surface area contributed by atoms with Gasteiger partial charge in [-0.1, -0.05) is 18.2 Å². The molecule has 1 aliphatic rings. The first-order valence-electron chi connectivity index (χ1n) is 7.56. The molecule has 2 rings (SSSR count). The van der Waals surface area contributed by atoms with Crippen molar-refractivity contribution >= 4 is 11.7 Å². The Balaban J connectivity index is 2.31. The van der Waals surface area contributed by atoms with Crippen LogP contribution in [0.4, 0.5) is 5.69 Å². The molecule has 1 heterocycles. The molecular weight excluding hydrogens is 284 g/mol. The van der Waals surface area contributed by atoms with Crippen molar-refractivity contribution in [3.63, 3.8) is 0 Å². The zero-order valence-electron chi connectivity index (χ0n) is 13.1. The summed E-state index contributed by atoms with van der Waals surface area (Å²) in [5, 5.41) is 11.2. The number of likely N-dealkylation sites (tertiary alicyclic amines) is 1. The maximum Gasteiger partial charge on any atom is 0.312 e. The van der Waals surface area contributed by atoms with Gasteiger partial charge >= 0.3 is 5.97 Å². The molecule has 0 spiro atoms. The van der Waals surface area contributed by atoms with E-state index in [0.717, 1.165) is 13.1 Å². The standard InChI is InChI=1S/C16H22N2O4/c1-3-22-15(19)16(8-10-17(2)11-9-16)12-13-6-4-5-7-14(13)18(20)21/h4-7H,3,8-12H2,1-2H3. The minimum absolute atomic E-state index is 0.0742. The Kier molecular flexibility index (Phi) is 5.13. The molecule has 1 aromatic carbocycles. The molecule has 0 unspecified atom stereocenters. The van der Waals surface area contributed by atoms with Crippen molar-refractivity contribution in [3.8, 4) is 0 Å². The molecular formula is C16H22N2O4. The SMILES string of the molecule is CCOC(=O)C1(Cc2ccccc2[N+](=O)[O-])CCN(C)CC1. The van der Waals surface area contributed by atoms with Crippen LogP contribution >= 0.6 is 0 Å². The lowest BCUT2D eigenvalue weighted by Gasteiger charge is -2.38. The Bertz CT molecular complexity index is 551. The van der Waals surface area contributed by atoms with E-state index in [-0.39, 0.29) is 16.6 Å². The van der Waals surface area contributed by atoms with Crippen LogP contribution in [0, 0.1) is 15.5 Å². The number of hydrogen-bond acceptors (Lipinski definition) is 5. The number of ether oxygens (including phenoxy) is 1. The summed E-state index contributed by atoms with van der Waals surface area (Å²) in [6, 6.07) is 6.64. The second-order valence-corrected chi connectivity index (χ2v) is 5.87. The van der Waals surface area contributed by atoms with Crippen LogP contribution in [0.2, 0.25) is 0 Å². The Morgan fingerprint density at radius 2 is 2.00 bits per heavy atom. The first-order valence-corrected chi connectivity index (χ1v) is 7.56. The quantitative estimate of drug-likeness (QED) is 0.474. The maximum atomic E-state index is 12.5. The third kappa shape index (κ3) is 3.44. The van der Waals surface area contributed by atoms with Crippen LogP contribution in [0.25, 0.3) is 0 Å². The monoisotopic (exact) mass is 306 g/mol. The van der Waals surface area contributed by atoms with Crippen molar-refractivity contribution in [1.29, 1.82) is 0 Å². The largest absolute Gasteiger partial charge is 0.466 e. The van der Waals surface area contributed by atoms with Gasteiger partial charge < -0.3 is 9.64 Å². The summed E-state index contributed by atoms with van der Waals surface area (Å²) in [5.74, 6) is -0.235. The zero-order chi connectivity index (χ0) is 16.2. The molecule has 0 bridgehead atoms. The van der Waals surface area contributed by atoms with Crippen LogP contribution in [0.15, 0.2) is 24.3 Å². The number of nitro groups is 1. The van der Waals surface area contributed by atoms with Gasteiger partial charge in [-0.3, -0.25) is 14.9 Å². The molecule has 1 aliphatic heterocycles. The number of hydrogen-bond donors (Lipinski definition) is 0. The van der Waals surface area contributed by atoms with Crippen molar-refractivity contribution in [2.24, 2.45) is 5.41 Å². The van der Waals surface area contributed by atoms with E-state index in [1.807, 2.05) is 7.05 Å². The van der Waals surface area contributed by atoms with Crippen molar-refractivity contribution in [2.75, 3.05) is 26.7 Å². The molecule has 0 amide bonds. The number of nitro benzene ring substituents is 1. The summed E-state index contributed by atoms with van der Waals surface area (Å²) in [7, 11) is 2.01. The average Bonchev–Trinajstić information content (AvgIpc) is 2.50. The number of carbonyl (C=O) groups excluding carboxylic acids is 1. The highest BCUT2D eigenvalue weighted by Crippen LogP contribution is 2.38. The molecule has 6 heteroatoms. The van der Waals surface area contributed by atoms with Crippen LogP contribution in [-0.2, 0) is 16.0 Å². The first-order chi connectivity index (χ1) is 10.5. The van der Waals surface area contributed by atoms with Crippen molar-refractivity contribution in [1.82, 2.24) is 4.90 Å². The molecule has 0 atom stereocenters. The molecule has 0 saturated carbocycles. The predicted molar refractivity (Wildman–Crippen MR) is 82.6 cm³/mol. The van der Waals surface area contributed by atoms with Gasteiger partial charge in [0.2, 0.25) is 0 Å². The van der Waals surface area contributed by atoms with Gasteiger partial charge in [-0.2, -0.15) is 0 Å². The van der Waals surface area contributed by atoms with Crippen LogP contribution in [0.1, 0.15) is 25.3 Å². The highest BCUT2D eigenvalue weighted by Gasteiger charge is 2.43. The van der Waals surface area contributed by atoms with Crippen molar-refractivity contribution < 1.29 is 14.5 Å². The Morgan fingerprint density at radius 3 is 2.59 bits per heavy atom. The lowest BCUT2D eigenvalue weighted by molar-refractivity contribution is -0.385. The van der Waals surface area contributed by atoms with Crippen LogP contribution in [-0.4, -0.2) is 42.5 Å². The highest BCUT2D eigenvalue weighted by molar-refractivity contribution is 5.77. The van der Waals surface area contributed by atoms with Crippen molar-refractivity contribution in [2.45, 2.75) is 26.2 Å². The van der Waals surface area contributed by atoms with E-state index >= 15 is 0 Å². The maximum absolute atomic E-state index is 12.5. The van der Waals surface area contributed by atoms with E-state index in [1.54, 1.807) is 25.1 Å². The Morgan fingerprint density at radius 1 is 1.36 bits per heavy atom. The fraction of sp³-hybridized carbons (Fsp3) is 0.562. The highest BCUT2D eigenvalue weighted by atomic mass is 16.6. The second-order valence-electron chi connectivity index (χ2n) is 5.87. The number of para-hydroxylation sites is 1. The molecule has 1 aromatic rings. The minimum atomic E-state index is -0.658. The fourth-order valence-corrected chi connectivity index (χ4v) is 2.99. The molecule has 0 aromatic heterocycles. The van der Waals surface area contributed by atoms with Crippen LogP contribution in [0.5, 0.6) is 0 Å². The summed E-state index contributed by atoms with van der Waals surface area (Å²) in [6.07, 6.45) is 1.68. The first kappa shape index (κ1) is 16.4. The zero-order valence-corrected chi connectivity index (χ0v) is 13.1. The number of carbonyl (C=O) groups is 1. The number of nitrogens with zero attached hydrogens (tertiary/aromatic N) is 2. The van der Waals surface area contributed by atoms with Gasteiger partial charge in [0.05, 0.1) is 16.9 Å². The van der Waals surface area contributed by atoms with Crippen LogP contribution in [0.3, 0.4) is 0 Å². The second kappa shape index (κ2) is 6.87. The summed E-state index contributed by atoms with van der Waals surface area (Å²) < 4.78 is 5.27. The van der Waals surface area contributed by atoms with Gasteiger partial charge in [-0.25, -0.2) is 0 Å². The number of rotatable bonds is 5. The van der Waals surface area contributed by atoms with E-state index in [2.05, 4.69) is 4.90 Å². The lowest BCUT2D eigenvalue weighted by Crippen LogP contribution is -2.45. The van der Waals surface area contributed by atoms with E-state index in [0.29, 0.717) is 31.4 Å². The molecule has 0 N–H and O–H groups in total.